The first-order chi connectivity index (χ1) is 7.15. The summed E-state index contributed by atoms with van der Waals surface area (Å²) in [6.07, 6.45) is 3.83. The van der Waals surface area contributed by atoms with Crippen molar-refractivity contribution in [2.75, 3.05) is 0 Å². The molecule has 1 nitrogen and oxygen atoms in total. The summed E-state index contributed by atoms with van der Waals surface area (Å²) in [6.45, 7) is 8.92. The lowest BCUT2D eigenvalue weighted by Gasteiger charge is -2.12. The Labute approximate surface area is 93.9 Å². The molecule has 0 bridgehead atoms. The largest absolute Gasteiger partial charge is 0.257 e. The Morgan fingerprint density at radius 3 is 2.40 bits per heavy atom. The molecule has 1 rings (SSSR count). The zero-order valence-corrected chi connectivity index (χ0v) is 10.5. The van der Waals surface area contributed by atoms with Crippen molar-refractivity contribution in [1.82, 2.24) is 4.98 Å². The highest BCUT2D eigenvalue weighted by molar-refractivity contribution is 5.16. The molecule has 0 aromatic carbocycles. The monoisotopic (exact) mass is 205 g/mol. The number of aromatic nitrogens is 1. The van der Waals surface area contributed by atoms with Crippen LogP contribution in [0, 0.1) is 0 Å². The van der Waals surface area contributed by atoms with E-state index >= 15 is 0 Å². The fraction of sp³-hybridized carbons (Fsp3) is 0.643. The molecule has 0 aliphatic rings. The number of hydrogen-bond acceptors (Lipinski definition) is 1. The van der Waals surface area contributed by atoms with Gasteiger partial charge in [0.1, 0.15) is 0 Å². The van der Waals surface area contributed by atoms with Gasteiger partial charge in [-0.1, -0.05) is 46.6 Å². The van der Waals surface area contributed by atoms with Gasteiger partial charge >= 0.3 is 0 Å². The molecular formula is C14H23N. The van der Waals surface area contributed by atoms with Crippen molar-refractivity contribution in [3.8, 4) is 0 Å². The molecule has 1 heterocycles. The predicted octanol–water partition coefficient (Wildman–Crippen LogP) is 4.50. The minimum absolute atomic E-state index is 0.531. The van der Waals surface area contributed by atoms with Crippen molar-refractivity contribution in [3.05, 3.63) is 29.6 Å². The van der Waals surface area contributed by atoms with Gasteiger partial charge in [-0.25, -0.2) is 0 Å². The summed E-state index contributed by atoms with van der Waals surface area (Å²) in [7, 11) is 0. The highest BCUT2D eigenvalue weighted by atomic mass is 14.7. The molecule has 1 unspecified atom stereocenters. The molecule has 0 spiro atoms. The Balaban J connectivity index is 2.71. The van der Waals surface area contributed by atoms with Gasteiger partial charge in [0.25, 0.3) is 0 Å². The molecule has 84 valence electrons. The molecule has 15 heavy (non-hydrogen) atoms. The minimum atomic E-state index is 0.531. The zero-order chi connectivity index (χ0) is 11.3. The van der Waals surface area contributed by atoms with Crippen molar-refractivity contribution in [2.24, 2.45) is 0 Å². The van der Waals surface area contributed by atoms with Crippen LogP contribution in [0.3, 0.4) is 0 Å². The lowest BCUT2D eigenvalue weighted by Crippen LogP contribution is -2.01. The summed E-state index contributed by atoms with van der Waals surface area (Å²) in [5, 5.41) is 0. The summed E-state index contributed by atoms with van der Waals surface area (Å²) < 4.78 is 0. The van der Waals surface area contributed by atoms with E-state index in [9.17, 15) is 0 Å². The maximum atomic E-state index is 4.73. The van der Waals surface area contributed by atoms with Crippen LogP contribution in [0.5, 0.6) is 0 Å². The van der Waals surface area contributed by atoms with Gasteiger partial charge in [0.05, 0.1) is 0 Å². The van der Waals surface area contributed by atoms with Crippen LogP contribution in [-0.2, 0) is 0 Å². The normalized spacial score (nSPS) is 13.1. The Bertz CT molecular complexity index is 291. The molecule has 0 radical (unpaired) electrons. The summed E-state index contributed by atoms with van der Waals surface area (Å²) in [6, 6.07) is 6.42. The average molecular weight is 205 g/mol. The quantitative estimate of drug-likeness (QED) is 0.689. The van der Waals surface area contributed by atoms with Gasteiger partial charge in [-0.05, 0) is 30.4 Å². The molecule has 1 heteroatoms. The van der Waals surface area contributed by atoms with E-state index in [1.807, 2.05) is 0 Å². The second kappa shape index (κ2) is 5.89. The number of hydrogen-bond donors (Lipinski definition) is 0. The van der Waals surface area contributed by atoms with Crippen molar-refractivity contribution in [3.63, 3.8) is 0 Å². The second-order valence-electron chi connectivity index (χ2n) is 4.69. The maximum Gasteiger partial charge on any atom is 0.0435 e. The summed E-state index contributed by atoms with van der Waals surface area (Å²) in [4.78, 5) is 4.73. The molecule has 0 saturated heterocycles. The Hall–Kier alpha value is -0.850. The predicted molar refractivity (Wildman–Crippen MR) is 66.3 cm³/mol. The fourth-order valence-electron chi connectivity index (χ4n) is 1.72. The van der Waals surface area contributed by atoms with E-state index < -0.39 is 0 Å². The molecule has 0 aliphatic carbocycles. The minimum Gasteiger partial charge on any atom is -0.257 e. The van der Waals surface area contributed by atoms with Gasteiger partial charge in [0.15, 0.2) is 0 Å². The fourth-order valence-corrected chi connectivity index (χ4v) is 1.72. The van der Waals surface area contributed by atoms with E-state index in [1.54, 1.807) is 0 Å². The number of nitrogens with zero attached hydrogens (tertiary/aromatic N) is 1. The first-order valence-corrected chi connectivity index (χ1v) is 6.12. The molecule has 1 aromatic heterocycles. The van der Waals surface area contributed by atoms with E-state index in [1.165, 1.54) is 30.7 Å². The zero-order valence-electron chi connectivity index (χ0n) is 10.5. The standard InChI is InChI=1S/C14H23N/c1-5-6-8-12(4)14-10-7-9-13(15-14)11(2)3/h7,9-12H,5-6,8H2,1-4H3. The number of pyridine rings is 1. The molecule has 0 fully saturated rings. The van der Waals surface area contributed by atoms with Crippen LogP contribution >= 0.6 is 0 Å². The van der Waals surface area contributed by atoms with Crippen LogP contribution in [0.4, 0.5) is 0 Å². The van der Waals surface area contributed by atoms with Crippen LogP contribution in [-0.4, -0.2) is 4.98 Å². The number of rotatable bonds is 5. The molecular weight excluding hydrogens is 182 g/mol. The lowest BCUT2D eigenvalue weighted by molar-refractivity contribution is 0.606. The summed E-state index contributed by atoms with van der Waals surface area (Å²) in [5.41, 5.74) is 2.48. The third kappa shape index (κ3) is 3.65. The van der Waals surface area contributed by atoms with Crippen molar-refractivity contribution < 1.29 is 0 Å². The average Bonchev–Trinajstić information content (AvgIpc) is 2.26. The first kappa shape index (κ1) is 12.2. The second-order valence-corrected chi connectivity index (χ2v) is 4.69. The highest BCUT2D eigenvalue weighted by Crippen LogP contribution is 2.21. The van der Waals surface area contributed by atoms with Crippen LogP contribution < -0.4 is 0 Å². The SMILES string of the molecule is CCCCC(C)c1cccc(C(C)C)n1. The third-order valence-corrected chi connectivity index (χ3v) is 2.88. The van der Waals surface area contributed by atoms with Gasteiger partial charge < -0.3 is 0 Å². The topological polar surface area (TPSA) is 12.9 Å². The van der Waals surface area contributed by atoms with Crippen LogP contribution in [0.2, 0.25) is 0 Å². The van der Waals surface area contributed by atoms with Crippen molar-refractivity contribution in [2.45, 2.75) is 58.8 Å². The molecule has 0 aliphatic heterocycles. The smallest absolute Gasteiger partial charge is 0.0435 e. The molecule has 1 aromatic rings. The molecule has 1 atom stereocenters. The van der Waals surface area contributed by atoms with Gasteiger partial charge in [0, 0.05) is 11.4 Å². The van der Waals surface area contributed by atoms with Crippen LogP contribution in [0.25, 0.3) is 0 Å². The maximum absolute atomic E-state index is 4.73. The van der Waals surface area contributed by atoms with E-state index in [2.05, 4.69) is 45.9 Å². The van der Waals surface area contributed by atoms with Gasteiger partial charge in [-0.3, -0.25) is 4.98 Å². The van der Waals surface area contributed by atoms with E-state index in [-0.39, 0.29) is 0 Å². The molecule has 0 amide bonds. The van der Waals surface area contributed by atoms with Crippen molar-refractivity contribution >= 4 is 0 Å². The first-order valence-electron chi connectivity index (χ1n) is 6.12. The van der Waals surface area contributed by atoms with E-state index in [0.29, 0.717) is 11.8 Å². The number of unbranched alkanes of at least 4 members (excludes halogenated alkanes) is 1. The van der Waals surface area contributed by atoms with Crippen LogP contribution in [0.15, 0.2) is 18.2 Å². The summed E-state index contributed by atoms with van der Waals surface area (Å²) in [5.74, 6) is 1.13. The highest BCUT2D eigenvalue weighted by Gasteiger charge is 2.08. The Morgan fingerprint density at radius 2 is 1.80 bits per heavy atom. The Kier molecular flexibility index (Phi) is 4.80. The van der Waals surface area contributed by atoms with E-state index in [4.69, 9.17) is 4.98 Å². The summed E-state index contributed by atoms with van der Waals surface area (Å²) >= 11 is 0. The van der Waals surface area contributed by atoms with Gasteiger partial charge in [-0.2, -0.15) is 0 Å². The third-order valence-electron chi connectivity index (χ3n) is 2.88. The molecule has 0 N–H and O–H groups in total. The molecule has 0 saturated carbocycles. The van der Waals surface area contributed by atoms with Gasteiger partial charge in [0.2, 0.25) is 0 Å². The Morgan fingerprint density at radius 1 is 1.13 bits per heavy atom. The van der Waals surface area contributed by atoms with Gasteiger partial charge in [-0.15, -0.1) is 0 Å². The lowest BCUT2D eigenvalue weighted by atomic mass is 9.99. The van der Waals surface area contributed by atoms with Crippen LogP contribution in [0.1, 0.15) is 70.2 Å². The van der Waals surface area contributed by atoms with E-state index in [0.717, 1.165) is 0 Å². The van der Waals surface area contributed by atoms with Crippen molar-refractivity contribution in [1.29, 1.82) is 0 Å².